The van der Waals surface area contributed by atoms with E-state index in [4.69, 9.17) is 16.0 Å². The van der Waals surface area contributed by atoms with Crippen LogP contribution in [0.25, 0.3) is 10.9 Å². The minimum atomic E-state index is 0.616. The fourth-order valence-electron chi connectivity index (χ4n) is 3.05. The molecule has 0 saturated heterocycles. The Morgan fingerprint density at radius 1 is 1.36 bits per heavy atom. The van der Waals surface area contributed by atoms with Gasteiger partial charge in [0.05, 0.1) is 10.5 Å². The van der Waals surface area contributed by atoms with Crippen molar-refractivity contribution in [1.82, 2.24) is 15.2 Å². The van der Waals surface area contributed by atoms with Gasteiger partial charge in [0.15, 0.2) is 0 Å². The van der Waals surface area contributed by atoms with Gasteiger partial charge in [-0.3, -0.25) is 0 Å². The van der Waals surface area contributed by atoms with Crippen LogP contribution in [0.1, 0.15) is 30.5 Å². The predicted molar refractivity (Wildman–Crippen MR) is 86.4 cm³/mol. The molecular formula is C16H17ClN4O. The number of aryl methyl sites for hydroxylation is 1. The molecule has 114 valence electrons. The van der Waals surface area contributed by atoms with E-state index in [9.17, 15) is 0 Å². The van der Waals surface area contributed by atoms with Crippen LogP contribution in [0, 0.1) is 0 Å². The Labute approximate surface area is 133 Å². The number of anilines is 1. The molecule has 0 amide bonds. The molecule has 0 spiro atoms. The minimum Gasteiger partial charge on any atom is -0.408 e. The highest BCUT2D eigenvalue weighted by Gasteiger charge is 2.24. The predicted octanol–water partition coefficient (Wildman–Crippen LogP) is 3.72. The summed E-state index contributed by atoms with van der Waals surface area (Å²) in [4.78, 5) is 5.60. The molecule has 3 aromatic rings. The molecule has 1 aromatic carbocycles. The van der Waals surface area contributed by atoms with E-state index in [0.29, 0.717) is 11.9 Å². The number of para-hydroxylation sites is 1. The molecule has 0 atom stereocenters. The Morgan fingerprint density at radius 2 is 2.27 bits per heavy atom. The summed E-state index contributed by atoms with van der Waals surface area (Å²) >= 11 is 6.28. The molecule has 1 aliphatic heterocycles. The SMILES string of the molecule is CCCc1nnc(N2CCc3[nH]c4c(Cl)cccc4c3C2)o1. The topological polar surface area (TPSA) is 58.0 Å². The second-order valence-electron chi connectivity index (χ2n) is 5.64. The number of H-pyrrole nitrogens is 1. The van der Waals surface area contributed by atoms with Crippen molar-refractivity contribution in [3.05, 3.63) is 40.4 Å². The van der Waals surface area contributed by atoms with E-state index in [0.717, 1.165) is 42.9 Å². The first-order valence-corrected chi connectivity index (χ1v) is 7.99. The van der Waals surface area contributed by atoms with Gasteiger partial charge in [-0.2, -0.15) is 0 Å². The lowest BCUT2D eigenvalue weighted by Gasteiger charge is -2.25. The molecule has 3 heterocycles. The molecule has 0 fully saturated rings. The monoisotopic (exact) mass is 316 g/mol. The van der Waals surface area contributed by atoms with Crippen LogP contribution < -0.4 is 4.90 Å². The van der Waals surface area contributed by atoms with Crippen LogP contribution >= 0.6 is 11.6 Å². The second kappa shape index (κ2) is 5.32. The largest absolute Gasteiger partial charge is 0.408 e. The quantitative estimate of drug-likeness (QED) is 0.800. The molecule has 0 radical (unpaired) electrons. The zero-order chi connectivity index (χ0) is 15.1. The third-order valence-corrected chi connectivity index (χ3v) is 4.47. The standard InChI is InChI=1S/C16H17ClN4O/c1-2-4-14-19-20-16(22-14)21-8-7-13-11(9-21)10-5-3-6-12(17)15(10)18-13/h3,5-6,18H,2,4,7-9H2,1H3. The third-order valence-electron chi connectivity index (χ3n) is 4.15. The minimum absolute atomic E-state index is 0.616. The van der Waals surface area contributed by atoms with Crippen LogP contribution in [0.4, 0.5) is 6.01 Å². The Balaban J connectivity index is 1.68. The molecular weight excluding hydrogens is 300 g/mol. The van der Waals surface area contributed by atoms with Crippen LogP contribution in [-0.4, -0.2) is 21.7 Å². The van der Waals surface area contributed by atoms with Crippen LogP contribution in [0.15, 0.2) is 22.6 Å². The Kier molecular flexibility index (Phi) is 3.30. The summed E-state index contributed by atoms with van der Waals surface area (Å²) < 4.78 is 5.76. The number of rotatable bonds is 3. The van der Waals surface area contributed by atoms with Crippen molar-refractivity contribution in [1.29, 1.82) is 0 Å². The lowest BCUT2D eigenvalue weighted by Crippen LogP contribution is -2.30. The second-order valence-corrected chi connectivity index (χ2v) is 6.05. The maximum absolute atomic E-state index is 6.28. The number of nitrogens with zero attached hydrogens (tertiary/aromatic N) is 3. The maximum Gasteiger partial charge on any atom is 0.318 e. The normalized spacial score (nSPS) is 14.5. The zero-order valence-electron chi connectivity index (χ0n) is 12.4. The fourth-order valence-corrected chi connectivity index (χ4v) is 3.27. The molecule has 1 aliphatic rings. The molecule has 0 unspecified atom stereocenters. The van der Waals surface area contributed by atoms with Gasteiger partial charge in [-0.25, -0.2) is 0 Å². The van der Waals surface area contributed by atoms with Crippen molar-refractivity contribution >= 4 is 28.5 Å². The van der Waals surface area contributed by atoms with Crippen LogP contribution in [0.5, 0.6) is 0 Å². The summed E-state index contributed by atoms with van der Waals surface area (Å²) in [5.74, 6) is 0.713. The summed E-state index contributed by atoms with van der Waals surface area (Å²) in [6, 6.07) is 6.63. The average Bonchev–Trinajstić information content (AvgIpc) is 3.13. The van der Waals surface area contributed by atoms with Gasteiger partial charge in [-0.05, 0) is 12.5 Å². The van der Waals surface area contributed by atoms with Gasteiger partial charge in [0.2, 0.25) is 5.89 Å². The van der Waals surface area contributed by atoms with Crippen molar-refractivity contribution in [3.63, 3.8) is 0 Å². The zero-order valence-corrected chi connectivity index (χ0v) is 13.2. The van der Waals surface area contributed by atoms with Crippen LogP contribution in [-0.2, 0) is 19.4 Å². The smallest absolute Gasteiger partial charge is 0.318 e. The van der Waals surface area contributed by atoms with Gasteiger partial charge in [-0.1, -0.05) is 35.8 Å². The van der Waals surface area contributed by atoms with Crippen molar-refractivity contribution < 1.29 is 4.42 Å². The van der Waals surface area contributed by atoms with Crippen molar-refractivity contribution in [3.8, 4) is 0 Å². The molecule has 4 rings (SSSR count). The Bertz CT molecular complexity index is 823. The van der Waals surface area contributed by atoms with E-state index in [1.165, 1.54) is 16.6 Å². The van der Waals surface area contributed by atoms with Crippen LogP contribution in [0.2, 0.25) is 5.02 Å². The van der Waals surface area contributed by atoms with Gasteiger partial charge in [0.1, 0.15) is 0 Å². The lowest BCUT2D eigenvalue weighted by molar-refractivity contribution is 0.475. The third kappa shape index (κ3) is 2.16. The van der Waals surface area contributed by atoms with Gasteiger partial charge in [0, 0.05) is 42.6 Å². The summed E-state index contributed by atoms with van der Waals surface area (Å²) in [7, 11) is 0. The van der Waals surface area contributed by atoms with Crippen molar-refractivity contribution in [2.45, 2.75) is 32.7 Å². The fraction of sp³-hybridized carbons (Fsp3) is 0.375. The van der Waals surface area contributed by atoms with Crippen molar-refractivity contribution in [2.75, 3.05) is 11.4 Å². The molecule has 5 nitrogen and oxygen atoms in total. The summed E-state index contributed by atoms with van der Waals surface area (Å²) in [6.45, 7) is 3.74. The molecule has 0 bridgehead atoms. The molecule has 0 saturated carbocycles. The van der Waals surface area contributed by atoms with Gasteiger partial charge in [0.25, 0.3) is 0 Å². The molecule has 22 heavy (non-hydrogen) atoms. The molecule has 1 N–H and O–H groups in total. The number of fused-ring (bicyclic) bond motifs is 3. The summed E-state index contributed by atoms with van der Waals surface area (Å²) in [6.07, 6.45) is 2.76. The average molecular weight is 317 g/mol. The Hall–Kier alpha value is -2.01. The first-order chi connectivity index (χ1) is 10.8. The summed E-state index contributed by atoms with van der Waals surface area (Å²) in [5.41, 5.74) is 3.56. The van der Waals surface area contributed by atoms with Gasteiger partial charge < -0.3 is 14.3 Å². The number of hydrogen-bond acceptors (Lipinski definition) is 4. The summed E-state index contributed by atoms with van der Waals surface area (Å²) in [5, 5.41) is 10.2. The van der Waals surface area contributed by atoms with E-state index < -0.39 is 0 Å². The van der Waals surface area contributed by atoms with E-state index in [1.807, 2.05) is 12.1 Å². The molecule has 2 aromatic heterocycles. The lowest BCUT2D eigenvalue weighted by atomic mass is 10.1. The molecule has 6 heteroatoms. The number of aromatic nitrogens is 3. The number of aromatic amines is 1. The first-order valence-electron chi connectivity index (χ1n) is 7.61. The number of halogens is 1. The van der Waals surface area contributed by atoms with E-state index >= 15 is 0 Å². The van der Waals surface area contributed by atoms with E-state index in [2.05, 4.69) is 33.1 Å². The highest BCUT2D eigenvalue weighted by molar-refractivity contribution is 6.35. The van der Waals surface area contributed by atoms with E-state index in [-0.39, 0.29) is 0 Å². The number of nitrogens with one attached hydrogen (secondary N) is 1. The first kappa shape index (κ1) is 13.6. The van der Waals surface area contributed by atoms with E-state index in [1.54, 1.807) is 0 Å². The maximum atomic E-state index is 6.28. The number of hydrogen-bond donors (Lipinski definition) is 1. The van der Waals surface area contributed by atoms with Crippen molar-refractivity contribution in [2.24, 2.45) is 0 Å². The van der Waals surface area contributed by atoms with Crippen LogP contribution in [0.3, 0.4) is 0 Å². The molecule has 0 aliphatic carbocycles. The highest BCUT2D eigenvalue weighted by atomic mass is 35.5. The number of benzene rings is 1. The Morgan fingerprint density at radius 3 is 3.14 bits per heavy atom. The van der Waals surface area contributed by atoms with Gasteiger partial charge >= 0.3 is 6.01 Å². The van der Waals surface area contributed by atoms with Gasteiger partial charge in [-0.15, -0.1) is 5.10 Å². The highest BCUT2D eigenvalue weighted by Crippen LogP contribution is 2.32.